The van der Waals surface area contributed by atoms with Gasteiger partial charge in [0.05, 0.1) is 16.1 Å². The van der Waals surface area contributed by atoms with Crippen molar-refractivity contribution >= 4 is 31.9 Å². The molecular weight excluding hydrogens is 410 g/mol. The monoisotopic (exact) mass is 420 g/mol. The number of aliphatic hydroxyl groups is 1. The first-order valence-corrected chi connectivity index (χ1v) is 7.71. The molecule has 0 spiro atoms. The van der Waals surface area contributed by atoms with E-state index in [-0.39, 0.29) is 16.6 Å². The molecule has 0 unspecified atom stereocenters. The van der Waals surface area contributed by atoms with E-state index in [1.165, 1.54) is 12.1 Å². The minimum absolute atomic E-state index is 0.163. The first-order valence-electron chi connectivity index (χ1n) is 6.13. The molecule has 6 heteroatoms. The Morgan fingerprint density at radius 1 is 1.19 bits per heavy atom. The van der Waals surface area contributed by atoms with Gasteiger partial charge in [-0.2, -0.15) is 0 Å². The molecule has 2 aromatic carbocycles. The predicted octanol–water partition coefficient (Wildman–Crippen LogP) is 5.12. The Labute approximate surface area is 138 Å². The average Bonchev–Trinajstić information content (AvgIpc) is 2.44. The Hall–Kier alpha value is -0.980. The molecule has 0 radical (unpaired) electrons. The summed E-state index contributed by atoms with van der Waals surface area (Å²) >= 11 is 6.31. The quantitative estimate of drug-likeness (QED) is 0.694. The summed E-state index contributed by atoms with van der Waals surface area (Å²) in [6.07, 6.45) is -0.755. The van der Waals surface area contributed by atoms with Crippen molar-refractivity contribution < 1.29 is 18.6 Å². The molecule has 2 rings (SSSR count). The zero-order valence-corrected chi connectivity index (χ0v) is 14.2. The van der Waals surface area contributed by atoms with Crippen LogP contribution in [0.25, 0.3) is 0 Å². The smallest absolute Gasteiger partial charge is 0.146 e. The summed E-state index contributed by atoms with van der Waals surface area (Å²) < 4.78 is 34.0. The van der Waals surface area contributed by atoms with Crippen molar-refractivity contribution in [3.05, 3.63) is 62.0 Å². The molecule has 112 valence electrons. The Kier molecular flexibility index (Phi) is 5.35. The van der Waals surface area contributed by atoms with E-state index in [2.05, 4.69) is 31.9 Å². The van der Waals surface area contributed by atoms with Gasteiger partial charge in [-0.3, -0.25) is 0 Å². The number of aliphatic hydroxyl groups excluding tert-OH is 1. The third-order valence-electron chi connectivity index (χ3n) is 2.93. The normalized spacial score (nSPS) is 12.3. The summed E-state index contributed by atoms with van der Waals surface area (Å²) in [5.74, 6) is -0.982. The second kappa shape index (κ2) is 6.85. The summed E-state index contributed by atoms with van der Waals surface area (Å²) in [5, 5.41) is 9.72. The third-order valence-corrected chi connectivity index (χ3v) is 4.04. The van der Waals surface area contributed by atoms with Gasteiger partial charge >= 0.3 is 0 Å². The first kappa shape index (κ1) is 16.4. The zero-order chi connectivity index (χ0) is 15.6. The maximum Gasteiger partial charge on any atom is 0.146 e. The van der Waals surface area contributed by atoms with Crippen molar-refractivity contribution in [1.82, 2.24) is 0 Å². The van der Waals surface area contributed by atoms with Gasteiger partial charge in [0, 0.05) is 10.0 Å². The standard InChI is InChI=1S/C15H12Br2F2O2/c1-8(20)10-6-9(16)2-5-14(10)21-7-11-13(18)4-3-12(17)15(11)19/h2-6,8,20H,7H2,1H3/t8-/m0/s1. The van der Waals surface area contributed by atoms with E-state index in [9.17, 15) is 13.9 Å². The number of hydrogen-bond acceptors (Lipinski definition) is 2. The number of hydrogen-bond donors (Lipinski definition) is 1. The molecule has 0 aromatic heterocycles. The number of ether oxygens (including phenoxy) is 1. The SMILES string of the molecule is C[C@H](O)c1cc(Br)ccc1OCc1c(F)ccc(Br)c1F. The van der Waals surface area contributed by atoms with Gasteiger partial charge < -0.3 is 9.84 Å². The van der Waals surface area contributed by atoms with E-state index in [0.717, 1.165) is 4.47 Å². The fraction of sp³-hybridized carbons (Fsp3) is 0.200. The molecule has 0 aliphatic heterocycles. The lowest BCUT2D eigenvalue weighted by atomic mass is 10.1. The summed E-state index contributed by atoms with van der Waals surface area (Å²) in [5.41, 5.74) is 0.379. The Morgan fingerprint density at radius 2 is 1.90 bits per heavy atom. The molecule has 0 aliphatic carbocycles. The number of rotatable bonds is 4. The molecule has 0 saturated heterocycles. The lowest BCUT2D eigenvalue weighted by molar-refractivity contribution is 0.189. The molecular formula is C15H12Br2F2O2. The van der Waals surface area contributed by atoms with E-state index in [4.69, 9.17) is 4.74 Å². The van der Waals surface area contributed by atoms with Gasteiger partial charge in [0.2, 0.25) is 0 Å². The van der Waals surface area contributed by atoms with Gasteiger partial charge in [-0.05, 0) is 53.2 Å². The van der Waals surface area contributed by atoms with Crippen molar-refractivity contribution in [3.63, 3.8) is 0 Å². The van der Waals surface area contributed by atoms with Crippen molar-refractivity contribution in [3.8, 4) is 5.75 Å². The molecule has 0 amide bonds. The molecule has 0 bridgehead atoms. The molecule has 0 fully saturated rings. The summed E-state index contributed by atoms with van der Waals surface area (Å²) in [7, 11) is 0. The van der Waals surface area contributed by atoms with E-state index in [1.807, 2.05) is 0 Å². The van der Waals surface area contributed by atoms with Crippen molar-refractivity contribution in [2.75, 3.05) is 0 Å². The van der Waals surface area contributed by atoms with Crippen LogP contribution in [-0.4, -0.2) is 5.11 Å². The lowest BCUT2D eigenvalue weighted by Crippen LogP contribution is -2.05. The third kappa shape index (κ3) is 3.81. The number of halogens is 4. The maximum absolute atomic E-state index is 13.9. The highest BCUT2D eigenvalue weighted by Gasteiger charge is 2.15. The van der Waals surface area contributed by atoms with Crippen LogP contribution in [0.3, 0.4) is 0 Å². The molecule has 21 heavy (non-hydrogen) atoms. The number of benzene rings is 2. The van der Waals surface area contributed by atoms with E-state index >= 15 is 0 Å². The van der Waals surface area contributed by atoms with Crippen LogP contribution in [0.5, 0.6) is 5.75 Å². The van der Waals surface area contributed by atoms with Gasteiger partial charge in [0.15, 0.2) is 0 Å². The van der Waals surface area contributed by atoms with Crippen molar-refractivity contribution in [2.45, 2.75) is 19.6 Å². The fourth-order valence-electron chi connectivity index (χ4n) is 1.83. The Balaban J connectivity index is 2.27. The second-order valence-corrected chi connectivity index (χ2v) is 6.24. The molecule has 2 aromatic rings. The molecule has 2 nitrogen and oxygen atoms in total. The minimum atomic E-state index is -0.755. The van der Waals surface area contributed by atoms with Crippen LogP contribution in [0.15, 0.2) is 39.3 Å². The first-order chi connectivity index (χ1) is 9.90. The molecule has 0 heterocycles. The van der Waals surface area contributed by atoms with Gasteiger partial charge in [-0.15, -0.1) is 0 Å². The zero-order valence-electron chi connectivity index (χ0n) is 11.0. The van der Waals surface area contributed by atoms with Crippen molar-refractivity contribution in [1.29, 1.82) is 0 Å². The fourth-order valence-corrected chi connectivity index (χ4v) is 2.58. The van der Waals surface area contributed by atoms with Crippen LogP contribution in [0, 0.1) is 11.6 Å². The van der Waals surface area contributed by atoms with Crippen LogP contribution in [-0.2, 0) is 6.61 Å². The molecule has 0 saturated carbocycles. The van der Waals surface area contributed by atoms with Crippen molar-refractivity contribution in [2.24, 2.45) is 0 Å². The summed E-state index contributed by atoms with van der Waals surface area (Å²) in [6, 6.07) is 7.54. The second-order valence-electron chi connectivity index (χ2n) is 4.47. The Bertz CT molecular complexity index is 660. The highest BCUT2D eigenvalue weighted by Crippen LogP contribution is 2.30. The topological polar surface area (TPSA) is 29.5 Å². The summed E-state index contributed by atoms with van der Waals surface area (Å²) in [4.78, 5) is 0. The molecule has 0 aliphatic rings. The van der Waals surface area contributed by atoms with Crippen LogP contribution >= 0.6 is 31.9 Å². The highest BCUT2D eigenvalue weighted by molar-refractivity contribution is 9.10. The van der Waals surface area contributed by atoms with Crippen LogP contribution < -0.4 is 4.74 Å². The largest absolute Gasteiger partial charge is 0.488 e. The van der Waals surface area contributed by atoms with Crippen LogP contribution in [0.4, 0.5) is 8.78 Å². The molecule has 1 N–H and O–H groups in total. The summed E-state index contributed by atoms with van der Waals surface area (Å²) in [6.45, 7) is 1.33. The van der Waals surface area contributed by atoms with Gasteiger partial charge in [-0.1, -0.05) is 15.9 Å². The highest BCUT2D eigenvalue weighted by atomic mass is 79.9. The Morgan fingerprint density at radius 3 is 2.57 bits per heavy atom. The average molecular weight is 422 g/mol. The van der Waals surface area contributed by atoms with Crippen LogP contribution in [0.2, 0.25) is 0 Å². The van der Waals surface area contributed by atoms with Gasteiger partial charge in [-0.25, -0.2) is 8.78 Å². The van der Waals surface area contributed by atoms with E-state index in [1.54, 1.807) is 25.1 Å². The van der Waals surface area contributed by atoms with Crippen LogP contribution in [0.1, 0.15) is 24.2 Å². The van der Waals surface area contributed by atoms with Gasteiger partial charge in [0.1, 0.15) is 24.0 Å². The lowest BCUT2D eigenvalue weighted by Gasteiger charge is -2.15. The van der Waals surface area contributed by atoms with Gasteiger partial charge in [0.25, 0.3) is 0 Å². The minimum Gasteiger partial charge on any atom is -0.488 e. The maximum atomic E-state index is 13.9. The molecule has 1 atom stereocenters. The predicted molar refractivity (Wildman–Crippen MR) is 83.2 cm³/mol. The van der Waals surface area contributed by atoms with E-state index < -0.39 is 17.7 Å². The van der Waals surface area contributed by atoms with E-state index in [0.29, 0.717) is 11.3 Å².